The number of nitrogens with zero attached hydrogens (tertiary/aromatic N) is 1. The van der Waals surface area contributed by atoms with Crippen LogP contribution in [0.5, 0.6) is 0 Å². The molecular formula is C13H16N2O. The molecule has 0 saturated heterocycles. The first-order chi connectivity index (χ1) is 7.61. The maximum Gasteiger partial charge on any atom is 0.219 e. The van der Waals surface area contributed by atoms with Gasteiger partial charge in [0.25, 0.3) is 0 Å². The second kappa shape index (κ2) is 4.00. The molecule has 0 saturated carbocycles. The second-order valence-corrected chi connectivity index (χ2v) is 4.10. The largest absolute Gasteiger partial charge is 0.370 e. The Kier molecular flexibility index (Phi) is 2.69. The van der Waals surface area contributed by atoms with Crippen molar-refractivity contribution < 1.29 is 4.79 Å². The lowest BCUT2D eigenvalue weighted by Gasteiger charge is -2.06. The Morgan fingerprint density at radius 3 is 2.69 bits per heavy atom. The molecule has 1 aromatic heterocycles. The fourth-order valence-electron chi connectivity index (χ4n) is 2.11. The van der Waals surface area contributed by atoms with E-state index >= 15 is 0 Å². The van der Waals surface area contributed by atoms with E-state index in [1.165, 1.54) is 22.2 Å². The molecule has 2 aromatic rings. The van der Waals surface area contributed by atoms with Crippen LogP contribution in [0, 0.1) is 13.8 Å². The molecule has 1 amide bonds. The zero-order chi connectivity index (χ0) is 11.7. The van der Waals surface area contributed by atoms with Gasteiger partial charge in [-0.25, -0.2) is 0 Å². The Morgan fingerprint density at radius 1 is 1.31 bits per heavy atom. The zero-order valence-corrected chi connectivity index (χ0v) is 9.66. The van der Waals surface area contributed by atoms with Crippen molar-refractivity contribution in [3.8, 4) is 0 Å². The Labute approximate surface area is 94.9 Å². The molecule has 2 rings (SSSR count). The number of aryl methyl sites for hydroxylation is 2. The second-order valence-electron chi connectivity index (χ2n) is 4.10. The van der Waals surface area contributed by atoms with Gasteiger partial charge in [-0.05, 0) is 25.5 Å². The molecule has 0 spiro atoms. The van der Waals surface area contributed by atoms with Gasteiger partial charge in [-0.1, -0.05) is 18.2 Å². The third kappa shape index (κ3) is 1.69. The van der Waals surface area contributed by atoms with E-state index in [4.69, 9.17) is 5.73 Å². The minimum Gasteiger partial charge on any atom is -0.370 e. The van der Waals surface area contributed by atoms with Crippen LogP contribution in [-0.2, 0) is 11.3 Å². The number of rotatable bonds is 3. The van der Waals surface area contributed by atoms with E-state index in [1.807, 2.05) is 12.1 Å². The SMILES string of the molecule is Cc1c(C)n(CCC(N)=O)c2ccccc12. The first-order valence-corrected chi connectivity index (χ1v) is 5.44. The lowest BCUT2D eigenvalue weighted by Crippen LogP contribution is -2.14. The van der Waals surface area contributed by atoms with Crippen molar-refractivity contribution in [3.63, 3.8) is 0 Å². The topological polar surface area (TPSA) is 48.0 Å². The van der Waals surface area contributed by atoms with E-state index < -0.39 is 0 Å². The van der Waals surface area contributed by atoms with E-state index in [-0.39, 0.29) is 5.91 Å². The minimum absolute atomic E-state index is 0.255. The molecular weight excluding hydrogens is 200 g/mol. The molecule has 0 fully saturated rings. The Morgan fingerprint density at radius 2 is 2.00 bits per heavy atom. The van der Waals surface area contributed by atoms with Crippen LogP contribution in [0.3, 0.4) is 0 Å². The molecule has 0 atom stereocenters. The van der Waals surface area contributed by atoms with Gasteiger partial charge in [0, 0.05) is 29.6 Å². The molecule has 3 heteroatoms. The summed E-state index contributed by atoms with van der Waals surface area (Å²) in [7, 11) is 0. The van der Waals surface area contributed by atoms with Gasteiger partial charge in [0.05, 0.1) is 0 Å². The molecule has 3 nitrogen and oxygen atoms in total. The number of aromatic nitrogens is 1. The van der Waals surface area contributed by atoms with Gasteiger partial charge < -0.3 is 10.3 Å². The van der Waals surface area contributed by atoms with Gasteiger partial charge in [-0.3, -0.25) is 4.79 Å². The van der Waals surface area contributed by atoms with E-state index in [9.17, 15) is 4.79 Å². The highest BCUT2D eigenvalue weighted by molar-refractivity contribution is 5.85. The standard InChI is InChI=1S/C13H16N2O/c1-9-10(2)15(8-7-13(14)16)12-6-4-3-5-11(9)12/h3-6H,7-8H2,1-2H3,(H2,14,16). The monoisotopic (exact) mass is 216 g/mol. The molecule has 0 aliphatic rings. The fraction of sp³-hybridized carbons (Fsp3) is 0.308. The maximum absolute atomic E-state index is 10.8. The molecule has 1 aromatic carbocycles. The first kappa shape index (κ1) is 10.7. The number of amides is 1. The zero-order valence-electron chi connectivity index (χ0n) is 9.66. The van der Waals surface area contributed by atoms with Crippen LogP contribution in [0.4, 0.5) is 0 Å². The van der Waals surface area contributed by atoms with Crippen molar-refractivity contribution in [2.45, 2.75) is 26.8 Å². The number of carbonyl (C=O) groups is 1. The summed E-state index contributed by atoms with van der Waals surface area (Å²) in [6.07, 6.45) is 0.388. The van der Waals surface area contributed by atoms with Crippen LogP contribution in [0.1, 0.15) is 17.7 Å². The normalized spacial score (nSPS) is 10.9. The number of hydrogen-bond acceptors (Lipinski definition) is 1. The predicted molar refractivity (Wildman–Crippen MR) is 65.2 cm³/mol. The highest BCUT2D eigenvalue weighted by Gasteiger charge is 2.10. The molecule has 0 bridgehead atoms. The third-order valence-electron chi connectivity index (χ3n) is 3.13. The van der Waals surface area contributed by atoms with Gasteiger partial charge in [-0.15, -0.1) is 0 Å². The van der Waals surface area contributed by atoms with Crippen LogP contribution in [-0.4, -0.2) is 10.5 Å². The lowest BCUT2D eigenvalue weighted by molar-refractivity contribution is -0.118. The molecule has 1 heterocycles. The molecule has 0 unspecified atom stereocenters. The summed E-state index contributed by atoms with van der Waals surface area (Å²) in [5, 5.41) is 1.25. The van der Waals surface area contributed by atoms with Crippen molar-refractivity contribution in [3.05, 3.63) is 35.5 Å². The maximum atomic E-state index is 10.8. The molecule has 84 valence electrons. The van der Waals surface area contributed by atoms with Gasteiger partial charge >= 0.3 is 0 Å². The summed E-state index contributed by atoms with van der Waals surface area (Å²) in [6, 6.07) is 8.24. The number of fused-ring (bicyclic) bond motifs is 1. The molecule has 16 heavy (non-hydrogen) atoms. The van der Waals surface area contributed by atoms with E-state index in [2.05, 4.69) is 30.5 Å². The van der Waals surface area contributed by atoms with Crippen LogP contribution in [0.2, 0.25) is 0 Å². The van der Waals surface area contributed by atoms with Gasteiger partial charge in [0.15, 0.2) is 0 Å². The molecule has 2 N–H and O–H groups in total. The summed E-state index contributed by atoms with van der Waals surface area (Å²) in [5.41, 5.74) is 8.86. The number of hydrogen-bond donors (Lipinski definition) is 1. The summed E-state index contributed by atoms with van der Waals surface area (Å²) in [4.78, 5) is 10.8. The Bertz CT molecular complexity index is 540. The minimum atomic E-state index is -0.255. The Hall–Kier alpha value is -1.77. The van der Waals surface area contributed by atoms with E-state index in [0.29, 0.717) is 13.0 Å². The summed E-state index contributed by atoms with van der Waals surface area (Å²) >= 11 is 0. The van der Waals surface area contributed by atoms with E-state index in [0.717, 1.165) is 0 Å². The number of primary amides is 1. The van der Waals surface area contributed by atoms with Crippen LogP contribution in [0.15, 0.2) is 24.3 Å². The average molecular weight is 216 g/mol. The van der Waals surface area contributed by atoms with Crippen molar-refractivity contribution >= 4 is 16.8 Å². The van der Waals surface area contributed by atoms with Crippen LogP contribution in [0.25, 0.3) is 10.9 Å². The number of carbonyl (C=O) groups excluding carboxylic acids is 1. The van der Waals surface area contributed by atoms with Crippen LogP contribution >= 0.6 is 0 Å². The smallest absolute Gasteiger partial charge is 0.219 e. The molecule has 0 aliphatic carbocycles. The highest BCUT2D eigenvalue weighted by Crippen LogP contribution is 2.24. The summed E-state index contributed by atoms with van der Waals surface area (Å²) in [6.45, 7) is 4.85. The lowest BCUT2D eigenvalue weighted by atomic mass is 10.2. The van der Waals surface area contributed by atoms with Gasteiger partial charge in [-0.2, -0.15) is 0 Å². The van der Waals surface area contributed by atoms with Crippen molar-refractivity contribution in [2.24, 2.45) is 5.73 Å². The Balaban J connectivity index is 2.51. The summed E-state index contributed by atoms with van der Waals surface area (Å²) in [5.74, 6) is -0.255. The number of para-hydroxylation sites is 1. The van der Waals surface area contributed by atoms with E-state index in [1.54, 1.807) is 0 Å². The average Bonchev–Trinajstić information content (AvgIpc) is 2.50. The van der Waals surface area contributed by atoms with Crippen molar-refractivity contribution in [1.29, 1.82) is 0 Å². The molecule has 0 aliphatic heterocycles. The quantitative estimate of drug-likeness (QED) is 0.839. The van der Waals surface area contributed by atoms with Crippen LogP contribution < -0.4 is 5.73 Å². The number of nitrogens with two attached hydrogens (primary N) is 1. The first-order valence-electron chi connectivity index (χ1n) is 5.44. The van der Waals surface area contributed by atoms with Gasteiger partial charge in [0.1, 0.15) is 0 Å². The van der Waals surface area contributed by atoms with Crippen molar-refractivity contribution in [2.75, 3.05) is 0 Å². The highest BCUT2D eigenvalue weighted by atomic mass is 16.1. The number of benzene rings is 1. The predicted octanol–water partition coefficient (Wildman–Crippen LogP) is 2.13. The third-order valence-corrected chi connectivity index (χ3v) is 3.13. The summed E-state index contributed by atoms with van der Waals surface area (Å²) < 4.78 is 2.16. The van der Waals surface area contributed by atoms with Gasteiger partial charge in [0.2, 0.25) is 5.91 Å². The fourth-order valence-corrected chi connectivity index (χ4v) is 2.11. The molecule has 0 radical (unpaired) electrons. The van der Waals surface area contributed by atoms with Crippen molar-refractivity contribution in [1.82, 2.24) is 4.57 Å².